The number of carbonyl (C=O) groups is 4. The molecule has 0 heterocycles. The van der Waals surface area contributed by atoms with Crippen LogP contribution in [0.3, 0.4) is 0 Å². The van der Waals surface area contributed by atoms with E-state index in [-0.39, 0.29) is 22.3 Å². The van der Waals surface area contributed by atoms with E-state index in [0.717, 1.165) is 97.1 Å². The third-order valence-electron chi connectivity index (χ3n) is 5.19. The number of carbonyl (C=O) groups excluding carboxylic acids is 4. The van der Waals surface area contributed by atoms with E-state index in [1.807, 2.05) is 0 Å². The molecule has 8 nitrogen and oxygen atoms in total. The maximum absolute atomic E-state index is 13.4. The molecule has 41 heavy (non-hydrogen) atoms. The average Bonchev–Trinajstić information content (AvgIpc) is 2.94. The van der Waals surface area contributed by atoms with E-state index in [4.69, 9.17) is 13.3 Å². The molecule has 0 spiro atoms. The van der Waals surface area contributed by atoms with Gasteiger partial charge in [0.1, 0.15) is 0 Å². The van der Waals surface area contributed by atoms with Gasteiger partial charge in [-0.15, -0.1) is 0 Å². The predicted molar refractivity (Wildman–Crippen MR) is 127 cm³/mol. The molecule has 4 aromatic rings. The summed E-state index contributed by atoms with van der Waals surface area (Å²) in [6.07, 6.45) is 0. The molecule has 0 saturated carbocycles. The van der Waals surface area contributed by atoms with Crippen molar-refractivity contribution in [2.75, 3.05) is 0 Å². The first-order valence-corrected chi connectivity index (χ1v) is 14.0. The molecule has 0 fully saturated rings. The Balaban J connectivity index is 1.77. The van der Waals surface area contributed by atoms with Crippen molar-refractivity contribution < 1.29 is 68.2 Å². The van der Waals surface area contributed by atoms with Crippen LogP contribution in [0.1, 0.15) is 41.4 Å². The van der Waals surface area contributed by atoms with Gasteiger partial charge in [-0.2, -0.15) is 0 Å². The predicted octanol–water partition coefficient (Wildman–Crippen LogP) is 5.78. The minimum atomic E-state index is -6.31. The Morgan fingerprint density at radius 2 is 0.537 bits per heavy atom. The summed E-state index contributed by atoms with van der Waals surface area (Å²) in [5.41, 5.74) is -1.24. The van der Waals surface area contributed by atoms with Gasteiger partial charge < -0.3 is 0 Å². The maximum atomic E-state index is 13.4. The molecule has 13 heteroatoms. The van der Waals surface area contributed by atoms with Crippen LogP contribution < -0.4 is 0 Å². The first-order valence-electron chi connectivity index (χ1n) is 11.5. The second-order valence-corrected chi connectivity index (χ2v) is 10.9. The van der Waals surface area contributed by atoms with Crippen LogP contribution in [0, 0.1) is 23.3 Å². The molecular weight excluding hydrogens is 588 g/mol. The fourth-order valence-electron chi connectivity index (χ4n) is 3.16. The summed E-state index contributed by atoms with van der Waals surface area (Å²) in [6.45, 7) is 0. The number of halogens is 4. The van der Waals surface area contributed by atoms with Gasteiger partial charge in [-0.1, -0.05) is 0 Å². The normalized spacial score (nSPS) is 10.8. The Morgan fingerprint density at radius 1 is 0.366 bits per heavy atom. The molecule has 0 aliphatic carbocycles. The Morgan fingerprint density at radius 3 is 0.707 bits per heavy atom. The van der Waals surface area contributed by atoms with Crippen LogP contribution in [0.4, 0.5) is 17.6 Å². The van der Waals surface area contributed by atoms with Gasteiger partial charge in [0.2, 0.25) is 0 Å². The van der Waals surface area contributed by atoms with Crippen molar-refractivity contribution in [2.45, 2.75) is 0 Å². The van der Waals surface area contributed by atoms with Gasteiger partial charge in [-0.05, 0) is 0 Å². The summed E-state index contributed by atoms with van der Waals surface area (Å²) >= 11 is -6.31. The van der Waals surface area contributed by atoms with Crippen molar-refractivity contribution in [3.63, 3.8) is 0 Å². The van der Waals surface area contributed by atoms with Gasteiger partial charge in [0.05, 0.1) is 0 Å². The van der Waals surface area contributed by atoms with E-state index < -0.39 is 65.3 Å². The molecule has 0 bridgehead atoms. The van der Waals surface area contributed by atoms with E-state index in [9.17, 15) is 36.7 Å². The van der Waals surface area contributed by atoms with Crippen molar-refractivity contribution >= 4 is 23.9 Å². The fraction of sp³-hybridized carbons (Fsp3) is 0. The molecule has 0 radical (unpaired) electrons. The zero-order chi connectivity index (χ0) is 29.6. The van der Waals surface area contributed by atoms with Crippen LogP contribution >= 0.6 is 0 Å². The summed E-state index contributed by atoms with van der Waals surface area (Å²) in [7, 11) is 0. The molecule has 4 aromatic carbocycles. The van der Waals surface area contributed by atoms with Gasteiger partial charge in [0.25, 0.3) is 0 Å². The first-order chi connectivity index (χ1) is 19.5. The fourth-order valence-corrected chi connectivity index (χ4v) is 5.70. The standard InChI is InChI=1S/4C7H5FO2.Ti/c4*8-6-3-1-5(2-4-6)7(9)10;/h4*1-4H,(H,9,10);/q;;;;+4/p-4. The molecule has 0 saturated heterocycles. The summed E-state index contributed by atoms with van der Waals surface area (Å²) < 4.78 is 74.8. The third kappa shape index (κ3) is 7.65. The number of hydrogen-bond acceptors (Lipinski definition) is 8. The van der Waals surface area contributed by atoms with Gasteiger partial charge in [-0.25, -0.2) is 0 Å². The minimum absolute atomic E-state index is 0.310. The van der Waals surface area contributed by atoms with Gasteiger partial charge in [0.15, 0.2) is 0 Å². The van der Waals surface area contributed by atoms with Gasteiger partial charge in [0, 0.05) is 0 Å². The van der Waals surface area contributed by atoms with Gasteiger partial charge >= 0.3 is 235 Å². The van der Waals surface area contributed by atoms with E-state index in [1.54, 1.807) is 0 Å². The van der Waals surface area contributed by atoms with Crippen LogP contribution in [0.15, 0.2) is 97.1 Å². The average molecular weight is 604 g/mol. The second kappa shape index (κ2) is 12.6. The van der Waals surface area contributed by atoms with Gasteiger partial charge in [-0.3, -0.25) is 0 Å². The summed E-state index contributed by atoms with van der Waals surface area (Å²) in [4.78, 5) is 52.2. The third-order valence-corrected chi connectivity index (χ3v) is 7.91. The Bertz CT molecular complexity index is 1330. The summed E-state index contributed by atoms with van der Waals surface area (Å²) in [5, 5.41) is 0. The van der Waals surface area contributed by atoms with Crippen molar-refractivity contribution in [2.24, 2.45) is 0 Å². The molecule has 0 aliphatic rings. The van der Waals surface area contributed by atoms with Crippen LogP contribution in [0.2, 0.25) is 0 Å². The Kier molecular flexibility index (Phi) is 8.95. The van der Waals surface area contributed by atoms with Crippen LogP contribution in [0.5, 0.6) is 0 Å². The zero-order valence-corrected chi connectivity index (χ0v) is 22.1. The van der Waals surface area contributed by atoms with Crippen molar-refractivity contribution in [3.8, 4) is 0 Å². The molecule has 0 amide bonds. The second-order valence-electron chi connectivity index (χ2n) is 8.09. The van der Waals surface area contributed by atoms with Crippen molar-refractivity contribution in [1.82, 2.24) is 0 Å². The Hall–Kier alpha value is -4.81. The molecular formula is C28H16F4O8Ti. The van der Waals surface area contributed by atoms with E-state index in [1.165, 1.54) is 0 Å². The molecule has 0 atom stereocenters. The first kappa shape index (κ1) is 29.2. The van der Waals surface area contributed by atoms with E-state index >= 15 is 0 Å². The van der Waals surface area contributed by atoms with E-state index in [2.05, 4.69) is 0 Å². The molecule has 0 aromatic heterocycles. The van der Waals surface area contributed by atoms with Crippen molar-refractivity contribution in [3.05, 3.63) is 143 Å². The number of hydrogen-bond donors (Lipinski definition) is 0. The molecule has 0 aliphatic heterocycles. The van der Waals surface area contributed by atoms with Crippen LogP contribution in [-0.2, 0) is 31.4 Å². The molecule has 0 N–H and O–H groups in total. The van der Waals surface area contributed by atoms with E-state index in [0.29, 0.717) is 0 Å². The molecule has 0 unspecified atom stereocenters. The SMILES string of the molecule is O=C([O][Ti]([O]C(=O)c1ccc(F)cc1)([O]C(=O)c1ccc(F)cc1)[O]C(=O)c1ccc(F)cc1)c1ccc(F)cc1. The number of rotatable bonds is 8. The zero-order valence-electron chi connectivity index (χ0n) is 20.5. The monoisotopic (exact) mass is 604 g/mol. The summed E-state index contributed by atoms with van der Waals surface area (Å²) in [5.74, 6) is -8.17. The van der Waals surface area contributed by atoms with Crippen LogP contribution in [-0.4, -0.2) is 23.9 Å². The van der Waals surface area contributed by atoms with Crippen molar-refractivity contribution in [1.29, 1.82) is 0 Å². The summed E-state index contributed by atoms with van der Waals surface area (Å²) in [6, 6.07) is 15.2. The molecule has 4 rings (SSSR count). The number of benzene rings is 4. The van der Waals surface area contributed by atoms with Crippen LogP contribution in [0.25, 0.3) is 0 Å². The molecule has 208 valence electrons. The Labute approximate surface area is 234 Å². The quantitative estimate of drug-likeness (QED) is 0.184. The topological polar surface area (TPSA) is 105 Å².